The summed E-state index contributed by atoms with van der Waals surface area (Å²) in [6.07, 6.45) is 0. The first kappa shape index (κ1) is 11.6. The summed E-state index contributed by atoms with van der Waals surface area (Å²) in [7, 11) is 0. The summed E-state index contributed by atoms with van der Waals surface area (Å²) >= 11 is 0.539. The molecule has 0 atom stereocenters. The van der Waals surface area contributed by atoms with Crippen molar-refractivity contribution in [3.8, 4) is 0 Å². The van der Waals surface area contributed by atoms with Crippen molar-refractivity contribution in [2.75, 3.05) is 0 Å². The van der Waals surface area contributed by atoms with Gasteiger partial charge < -0.3 is 0 Å². The molecule has 0 aromatic carbocycles. The molecule has 1 N–H and O–H groups in total. The van der Waals surface area contributed by atoms with E-state index < -0.39 is 4.22 Å². The minimum atomic E-state index is -3.64. The average Bonchev–Trinajstić information content (AvgIpc) is 0.722. The second-order valence-corrected chi connectivity index (χ2v) is 4.71. The zero-order valence-corrected chi connectivity index (χ0v) is 7.91. The van der Waals surface area contributed by atoms with Crippen LogP contribution in [-0.4, -0.2) is 13.0 Å². The first-order valence-electron chi connectivity index (χ1n) is 0.660. The van der Waals surface area contributed by atoms with Crippen molar-refractivity contribution in [2.24, 2.45) is 0 Å². The van der Waals surface area contributed by atoms with Crippen molar-refractivity contribution in [1.29, 1.82) is 0 Å². The Morgan fingerprint density at radius 2 is 1.50 bits per heavy atom. The van der Waals surface area contributed by atoms with Crippen LogP contribution in [0.4, 0.5) is 0 Å². The summed E-state index contributed by atoms with van der Waals surface area (Å²) in [6, 6.07) is 0. The van der Waals surface area contributed by atoms with Gasteiger partial charge in [0.2, 0.25) is 0 Å². The molecule has 0 bridgehead atoms. The van der Waals surface area contributed by atoms with Gasteiger partial charge in [0.05, 0.1) is 0 Å². The molecule has 0 saturated carbocycles. The minimum absolute atomic E-state index is 0. The molecular weight excluding hydrogens is 389 g/mol. The summed E-state index contributed by atoms with van der Waals surface area (Å²) in [6.45, 7) is 0. The molecule has 0 spiro atoms. The summed E-state index contributed by atoms with van der Waals surface area (Å²) < 4.78 is 22.3. The quantitative estimate of drug-likeness (QED) is 0.559. The van der Waals surface area contributed by atoms with Crippen molar-refractivity contribution < 1.29 is 98.4 Å². The van der Waals surface area contributed by atoms with Crippen LogP contribution >= 0.6 is 0 Å². The fourth-order valence-electron chi connectivity index (χ4n) is 0. The summed E-state index contributed by atoms with van der Waals surface area (Å²) in [5.74, 6) is 0. The molecule has 0 aliphatic rings. The summed E-state index contributed by atoms with van der Waals surface area (Å²) in [5, 5.41) is 0. The molecule has 3 nitrogen and oxygen atoms in total. The molecule has 0 aliphatic carbocycles. The summed E-state index contributed by atoms with van der Waals surface area (Å²) in [4.78, 5) is 0. The van der Waals surface area contributed by atoms with Crippen LogP contribution in [-0.2, 0) is 4.22 Å². The number of hydrogen-bond acceptors (Lipinski definition) is 2. The van der Waals surface area contributed by atoms with Crippen molar-refractivity contribution >= 4 is 4.22 Å². The Hall–Kier alpha value is 2.82. The van der Waals surface area contributed by atoms with Crippen molar-refractivity contribution in [1.82, 2.24) is 0 Å². The third-order valence-electron chi connectivity index (χ3n) is 0. The molecule has 40 valence electrons. The Bertz CT molecular complexity index is 94.0. The van der Waals surface area contributed by atoms with E-state index in [9.17, 15) is 8.42 Å². The largest absolute Gasteiger partial charge is 0 e. The topological polar surface area (TPSA) is 54.4 Å². The number of hydrogen-bond donors (Lipinski definition) is 1. The summed E-state index contributed by atoms with van der Waals surface area (Å²) in [5.41, 5.74) is 0. The van der Waals surface area contributed by atoms with E-state index in [0.29, 0.717) is 36.0 Å². The Balaban J connectivity index is 0. The maximum absolute atomic E-state index is 9.20. The van der Waals surface area contributed by atoms with Gasteiger partial charge in [-0.15, -0.1) is 0 Å². The van der Waals surface area contributed by atoms with E-state index in [0.717, 1.165) is 0 Å². The van der Waals surface area contributed by atoms with Crippen molar-refractivity contribution in [2.45, 2.75) is 0 Å². The Labute approximate surface area is 99.6 Å². The zero-order chi connectivity index (χ0) is 4.50. The molecule has 1 radical (unpaired) electrons. The van der Waals surface area contributed by atoms with E-state index in [1.54, 1.807) is 0 Å². The molecule has 0 saturated heterocycles. The normalized spacial score (nSPS) is 9.67. The van der Waals surface area contributed by atoms with Gasteiger partial charge in [0, 0.05) is 49.4 Å². The van der Waals surface area contributed by atoms with Crippen LogP contribution in [0.2, 0.25) is 0 Å². The van der Waals surface area contributed by atoms with Gasteiger partial charge in [0.25, 0.3) is 0 Å². The molecule has 0 amide bonds. The Morgan fingerprint density at radius 3 is 1.50 bits per heavy atom. The molecule has 0 aromatic rings. The third kappa shape index (κ3) is 29.1. The van der Waals surface area contributed by atoms with Crippen LogP contribution in [0.15, 0.2) is 0 Å². The second kappa shape index (κ2) is 4.67. The second-order valence-electron chi connectivity index (χ2n) is 0.400. The molecule has 6 heavy (non-hydrogen) atoms. The van der Waals surface area contributed by atoms with E-state index in [1.807, 2.05) is 0 Å². The van der Waals surface area contributed by atoms with E-state index >= 15 is 0 Å². The fourth-order valence-corrected chi connectivity index (χ4v) is 0. The van der Waals surface area contributed by atoms with Gasteiger partial charge in [-0.2, -0.15) is 0 Å². The molecule has 0 aromatic heterocycles. The molecule has 0 fully saturated rings. The van der Waals surface area contributed by atoms with Gasteiger partial charge in [-0.1, -0.05) is 0 Å². The maximum Gasteiger partial charge on any atom is 0 e. The minimum Gasteiger partial charge on any atom is 0 e. The van der Waals surface area contributed by atoms with Crippen molar-refractivity contribution in [3.05, 3.63) is 0 Å². The van der Waals surface area contributed by atoms with Gasteiger partial charge >= 0.3 is 53.2 Å². The van der Waals surface area contributed by atoms with Crippen LogP contribution in [0.5, 0.6) is 0 Å². The zero-order valence-electron chi connectivity index (χ0n) is 2.40. The monoisotopic (exact) mass is 392 g/mol. The SMILES string of the molecule is O=[S](=O)(O)[Gd].[Eu]. The van der Waals surface area contributed by atoms with Gasteiger partial charge in [-0.25, -0.2) is 0 Å². The van der Waals surface area contributed by atoms with Crippen LogP contribution < -0.4 is 0 Å². The maximum atomic E-state index is 9.20. The predicted molar refractivity (Wildman–Crippen MR) is 11.5 cm³/mol. The van der Waals surface area contributed by atoms with E-state index in [4.69, 9.17) is 4.55 Å². The van der Waals surface area contributed by atoms with E-state index in [1.165, 1.54) is 0 Å². The van der Waals surface area contributed by atoms with Crippen LogP contribution in [0.1, 0.15) is 0 Å². The molecule has 0 aliphatic heterocycles. The average molecular weight is 390 g/mol. The van der Waals surface area contributed by atoms with Crippen molar-refractivity contribution in [3.63, 3.8) is 0 Å². The molecule has 6 heteroatoms. The van der Waals surface area contributed by atoms with E-state index in [-0.39, 0.29) is 49.4 Å². The van der Waals surface area contributed by atoms with Crippen LogP contribution in [0, 0.1) is 85.4 Å². The molecule has 0 heterocycles. The smallest absolute Gasteiger partial charge is 0 e. The van der Waals surface area contributed by atoms with E-state index in [2.05, 4.69) is 0 Å². The van der Waals surface area contributed by atoms with Gasteiger partial charge in [0.15, 0.2) is 0 Å². The van der Waals surface area contributed by atoms with Crippen LogP contribution in [0.3, 0.4) is 0 Å². The van der Waals surface area contributed by atoms with Gasteiger partial charge in [-0.05, 0) is 0 Å². The van der Waals surface area contributed by atoms with Crippen LogP contribution in [0.25, 0.3) is 0 Å². The Morgan fingerprint density at radius 1 is 1.50 bits per heavy atom. The van der Waals surface area contributed by atoms with Gasteiger partial charge in [-0.3, -0.25) is 0 Å². The standard InChI is InChI=1S/Eu.Gd.HO3S/c;;1-4(2)3/h;;(H,1,2,3). The first-order valence-corrected chi connectivity index (χ1v) is 4.76. The predicted octanol–water partition coefficient (Wildman–Crippen LogP) is -0.661. The third-order valence-corrected chi connectivity index (χ3v) is 0. The molecular formula is HEuGdO3S. The molecule has 0 unspecified atom stereocenters. The molecule has 0 rings (SSSR count). The Kier molecular flexibility index (Phi) is 9.03. The van der Waals surface area contributed by atoms with Gasteiger partial charge in [0.1, 0.15) is 0 Å². The first-order chi connectivity index (χ1) is 2.00. The fraction of sp³-hybridized carbons (Fsp3) is 0. The number of rotatable bonds is 0.